The number of rotatable bonds is 2. The molecule has 0 amide bonds. The first-order valence-corrected chi connectivity index (χ1v) is 6.35. The standard InChI is InChI=1S/C9H9Br2N5O/c1-5-13-14-7(15(5)2)4-16-9(17)8(11)6(10)3-12-16/h3H,4H2,1-2H3. The van der Waals surface area contributed by atoms with Crippen LogP contribution in [0.5, 0.6) is 0 Å². The van der Waals surface area contributed by atoms with E-state index in [4.69, 9.17) is 0 Å². The number of hydrogen-bond donors (Lipinski definition) is 0. The molecule has 0 aliphatic carbocycles. The van der Waals surface area contributed by atoms with Gasteiger partial charge in [0.05, 0.1) is 10.7 Å². The fourth-order valence-electron chi connectivity index (χ4n) is 1.28. The first kappa shape index (κ1) is 12.4. The number of halogens is 2. The zero-order valence-electron chi connectivity index (χ0n) is 9.18. The topological polar surface area (TPSA) is 65.6 Å². The van der Waals surface area contributed by atoms with Gasteiger partial charge in [0.2, 0.25) is 0 Å². The van der Waals surface area contributed by atoms with Gasteiger partial charge in [-0.05, 0) is 38.8 Å². The molecule has 0 bridgehead atoms. The van der Waals surface area contributed by atoms with Crippen LogP contribution in [0.4, 0.5) is 0 Å². The molecule has 0 aromatic carbocycles. The molecule has 2 rings (SSSR count). The Morgan fingerprint density at radius 3 is 2.65 bits per heavy atom. The first-order chi connectivity index (χ1) is 8.00. The molecule has 2 aromatic rings. The zero-order chi connectivity index (χ0) is 12.6. The lowest BCUT2D eigenvalue weighted by molar-refractivity contribution is 0.589. The maximum Gasteiger partial charge on any atom is 0.282 e. The molecular weight excluding hydrogens is 354 g/mol. The summed E-state index contributed by atoms with van der Waals surface area (Å²) < 4.78 is 4.24. The fourth-order valence-corrected chi connectivity index (χ4v) is 1.85. The van der Waals surface area contributed by atoms with E-state index in [1.807, 2.05) is 18.5 Å². The largest absolute Gasteiger partial charge is 0.317 e. The van der Waals surface area contributed by atoms with Crippen molar-refractivity contribution in [1.29, 1.82) is 0 Å². The van der Waals surface area contributed by atoms with E-state index in [0.717, 1.165) is 5.82 Å². The second-order valence-electron chi connectivity index (χ2n) is 3.49. The SMILES string of the molecule is Cc1nnc(Cn2ncc(Br)c(Br)c2=O)n1C. The molecule has 2 heterocycles. The van der Waals surface area contributed by atoms with Crippen molar-refractivity contribution in [2.45, 2.75) is 13.5 Å². The quantitative estimate of drug-likeness (QED) is 0.806. The molecule has 8 heteroatoms. The van der Waals surface area contributed by atoms with Crippen LogP contribution in [-0.4, -0.2) is 24.5 Å². The van der Waals surface area contributed by atoms with Gasteiger partial charge in [0.15, 0.2) is 5.82 Å². The summed E-state index contributed by atoms with van der Waals surface area (Å²) in [6.07, 6.45) is 1.56. The lowest BCUT2D eigenvalue weighted by Gasteiger charge is -2.05. The van der Waals surface area contributed by atoms with E-state index in [1.165, 1.54) is 4.68 Å². The van der Waals surface area contributed by atoms with Crippen LogP contribution in [0, 0.1) is 6.92 Å². The maximum atomic E-state index is 11.9. The van der Waals surface area contributed by atoms with Gasteiger partial charge in [-0.2, -0.15) is 5.10 Å². The molecule has 6 nitrogen and oxygen atoms in total. The Bertz CT molecular complexity index is 618. The van der Waals surface area contributed by atoms with E-state index < -0.39 is 0 Å². The molecule has 0 radical (unpaired) electrons. The molecule has 2 aromatic heterocycles. The summed E-state index contributed by atoms with van der Waals surface area (Å²) >= 11 is 6.43. The van der Waals surface area contributed by atoms with Crippen molar-refractivity contribution >= 4 is 31.9 Å². The van der Waals surface area contributed by atoms with Gasteiger partial charge in [0, 0.05) is 7.05 Å². The number of aryl methyl sites for hydroxylation is 1. The van der Waals surface area contributed by atoms with Crippen LogP contribution >= 0.6 is 31.9 Å². The van der Waals surface area contributed by atoms with Crippen LogP contribution in [-0.2, 0) is 13.6 Å². The van der Waals surface area contributed by atoms with E-state index in [2.05, 4.69) is 47.2 Å². The monoisotopic (exact) mass is 361 g/mol. The van der Waals surface area contributed by atoms with Crippen LogP contribution in [0.2, 0.25) is 0 Å². The molecule has 0 fully saturated rings. The first-order valence-electron chi connectivity index (χ1n) is 4.76. The predicted molar refractivity (Wildman–Crippen MR) is 68.7 cm³/mol. The molecule has 0 spiro atoms. The average Bonchev–Trinajstić information content (AvgIpc) is 2.62. The van der Waals surface area contributed by atoms with Crippen molar-refractivity contribution in [3.05, 3.63) is 37.1 Å². The van der Waals surface area contributed by atoms with E-state index in [0.29, 0.717) is 21.3 Å². The third kappa shape index (κ3) is 2.32. The van der Waals surface area contributed by atoms with Gasteiger partial charge >= 0.3 is 0 Å². The van der Waals surface area contributed by atoms with E-state index in [9.17, 15) is 4.79 Å². The smallest absolute Gasteiger partial charge is 0.282 e. The molecule has 0 saturated carbocycles. The molecule has 0 aliphatic rings. The van der Waals surface area contributed by atoms with Crippen LogP contribution < -0.4 is 5.56 Å². The van der Waals surface area contributed by atoms with Crippen molar-refractivity contribution in [3.63, 3.8) is 0 Å². The normalized spacial score (nSPS) is 10.8. The average molecular weight is 363 g/mol. The van der Waals surface area contributed by atoms with Crippen molar-refractivity contribution in [1.82, 2.24) is 24.5 Å². The second kappa shape index (κ2) is 4.69. The van der Waals surface area contributed by atoms with Crippen LogP contribution in [0.1, 0.15) is 11.6 Å². The molecule has 17 heavy (non-hydrogen) atoms. The molecule has 0 N–H and O–H groups in total. The molecule has 0 unspecified atom stereocenters. The van der Waals surface area contributed by atoms with Crippen molar-refractivity contribution in [2.75, 3.05) is 0 Å². The highest BCUT2D eigenvalue weighted by Gasteiger charge is 2.10. The predicted octanol–water partition coefficient (Wildman–Crippen LogP) is 1.25. The summed E-state index contributed by atoms with van der Waals surface area (Å²) in [5.41, 5.74) is -0.208. The van der Waals surface area contributed by atoms with Crippen LogP contribution in [0.3, 0.4) is 0 Å². The minimum Gasteiger partial charge on any atom is -0.317 e. The van der Waals surface area contributed by atoms with E-state index in [-0.39, 0.29) is 5.56 Å². The Kier molecular flexibility index (Phi) is 3.43. The maximum absolute atomic E-state index is 11.9. The van der Waals surface area contributed by atoms with E-state index in [1.54, 1.807) is 6.20 Å². The van der Waals surface area contributed by atoms with Gasteiger partial charge in [-0.15, -0.1) is 10.2 Å². The van der Waals surface area contributed by atoms with Gasteiger partial charge in [-0.1, -0.05) is 0 Å². The highest BCUT2D eigenvalue weighted by molar-refractivity contribution is 9.13. The summed E-state index contributed by atoms with van der Waals surface area (Å²) in [5, 5.41) is 12.0. The van der Waals surface area contributed by atoms with Crippen molar-refractivity contribution < 1.29 is 0 Å². The highest BCUT2D eigenvalue weighted by atomic mass is 79.9. The van der Waals surface area contributed by atoms with Gasteiger partial charge < -0.3 is 4.57 Å². The summed E-state index contributed by atoms with van der Waals surface area (Å²) in [4.78, 5) is 11.9. The van der Waals surface area contributed by atoms with Gasteiger partial charge in [-0.3, -0.25) is 4.79 Å². The summed E-state index contributed by atoms with van der Waals surface area (Å²) in [7, 11) is 1.85. The Labute approximate surface area is 114 Å². The summed E-state index contributed by atoms with van der Waals surface area (Å²) in [6.45, 7) is 2.15. The fraction of sp³-hybridized carbons (Fsp3) is 0.333. The van der Waals surface area contributed by atoms with Crippen molar-refractivity contribution in [2.24, 2.45) is 7.05 Å². The highest BCUT2D eigenvalue weighted by Crippen LogP contribution is 2.16. The number of aromatic nitrogens is 5. The molecule has 0 atom stereocenters. The summed E-state index contributed by atoms with van der Waals surface area (Å²) in [6, 6.07) is 0. The second-order valence-corrected chi connectivity index (χ2v) is 5.14. The molecular formula is C9H9Br2N5O. The number of nitrogens with zero attached hydrogens (tertiary/aromatic N) is 5. The Morgan fingerprint density at radius 2 is 2.06 bits per heavy atom. The lowest BCUT2D eigenvalue weighted by Crippen LogP contribution is -2.25. The molecule has 0 saturated heterocycles. The van der Waals surface area contributed by atoms with Gasteiger partial charge in [0.1, 0.15) is 16.8 Å². The Balaban J connectivity index is 2.41. The Hall–Kier alpha value is -1.02. The van der Waals surface area contributed by atoms with Gasteiger partial charge in [-0.25, -0.2) is 4.68 Å². The van der Waals surface area contributed by atoms with Crippen LogP contribution in [0.15, 0.2) is 19.9 Å². The van der Waals surface area contributed by atoms with Crippen LogP contribution in [0.25, 0.3) is 0 Å². The molecule has 0 aliphatic heterocycles. The summed E-state index contributed by atoms with van der Waals surface area (Å²) in [5.74, 6) is 1.48. The third-order valence-corrected chi connectivity index (χ3v) is 4.32. The number of hydrogen-bond acceptors (Lipinski definition) is 4. The minimum absolute atomic E-state index is 0.208. The third-order valence-electron chi connectivity index (χ3n) is 2.42. The van der Waals surface area contributed by atoms with E-state index >= 15 is 0 Å². The molecule has 90 valence electrons. The zero-order valence-corrected chi connectivity index (χ0v) is 12.4. The Morgan fingerprint density at radius 1 is 1.35 bits per heavy atom. The minimum atomic E-state index is -0.208. The van der Waals surface area contributed by atoms with Gasteiger partial charge in [0.25, 0.3) is 5.56 Å². The van der Waals surface area contributed by atoms with Crippen molar-refractivity contribution in [3.8, 4) is 0 Å². The lowest BCUT2D eigenvalue weighted by atomic mass is 10.5.